The van der Waals surface area contributed by atoms with Crippen molar-refractivity contribution in [1.82, 2.24) is 15.1 Å². The van der Waals surface area contributed by atoms with Gasteiger partial charge in [0.1, 0.15) is 0 Å². The summed E-state index contributed by atoms with van der Waals surface area (Å²) in [4.78, 5) is 4.87. The number of piperidine rings is 1. The van der Waals surface area contributed by atoms with Crippen molar-refractivity contribution in [3.8, 4) is 0 Å². The average molecular weight is 374 g/mol. The van der Waals surface area contributed by atoms with E-state index in [9.17, 15) is 0 Å². The Morgan fingerprint density at radius 1 is 1.08 bits per heavy atom. The number of hydrogen-bond acceptors (Lipinski definition) is 2. The van der Waals surface area contributed by atoms with Gasteiger partial charge in [-0.15, -0.1) is 0 Å². The molecular weight excluding hydrogens is 338 g/mol. The number of nitrogens with zero attached hydrogens (tertiary/aromatic N) is 2. The minimum Gasteiger partial charge on any atom is -0.362 e. The van der Waals surface area contributed by atoms with Crippen molar-refractivity contribution in [2.45, 2.75) is 52.4 Å². The molecular formula is C22H35N3S. The second-order valence-corrected chi connectivity index (χ2v) is 8.65. The van der Waals surface area contributed by atoms with Crippen LogP contribution in [0.3, 0.4) is 0 Å². The van der Waals surface area contributed by atoms with E-state index in [0.717, 1.165) is 44.0 Å². The van der Waals surface area contributed by atoms with Crippen LogP contribution in [0.25, 0.3) is 0 Å². The number of nitrogens with one attached hydrogen (secondary N) is 1. The standard InChI is InChI=1S/C22H35N3S/c1-4-19-7-6-18(16-20(19)5-2)8-12-23-21(26)25-15-11-22(17-25)9-13-24(3)14-10-22/h6-7,16H,4-5,8-15,17H2,1-3H3,(H,23,26). The maximum Gasteiger partial charge on any atom is 0.168 e. The van der Waals surface area contributed by atoms with E-state index in [4.69, 9.17) is 12.2 Å². The second kappa shape index (κ2) is 8.71. The SMILES string of the molecule is CCc1ccc(CCNC(=S)N2CCC3(CCN(C)CC3)C2)cc1CC. The van der Waals surface area contributed by atoms with Crippen molar-refractivity contribution < 1.29 is 0 Å². The minimum atomic E-state index is 0.518. The van der Waals surface area contributed by atoms with Crippen LogP contribution in [0.5, 0.6) is 0 Å². The van der Waals surface area contributed by atoms with Crippen LogP contribution in [-0.2, 0) is 19.3 Å². The summed E-state index contributed by atoms with van der Waals surface area (Å²) < 4.78 is 0. The van der Waals surface area contributed by atoms with Crippen molar-refractivity contribution >= 4 is 17.3 Å². The highest BCUT2D eigenvalue weighted by Crippen LogP contribution is 2.39. The number of thiocarbonyl (C=S) groups is 1. The summed E-state index contributed by atoms with van der Waals surface area (Å²) in [5, 5.41) is 4.48. The summed E-state index contributed by atoms with van der Waals surface area (Å²) in [7, 11) is 2.24. The summed E-state index contributed by atoms with van der Waals surface area (Å²) in [5.41, 5.74) is 4.92. The molecule has 4 heteroatoms. The van der Waals surface area contributed by atoms with Gasteiger partial charge < -0.3 is 15.1 Å². The number of likely N-dealkylation sites (tertiary alicyclic amines) is 2. The lowest BCUT2D eigenvalue weighted by molar-refractivity contribution is 0.134. The number of rotatable bonds is 5. The van der Waals surface area contributed by atoms with E-state index in [0.29, 0.717) is 5.41 Å². The van der Waals surface area contributed by atoms with Gasteiger partial charge in [0.05, 0.1) is 0 Å². The highest BCUT2D eigenvalue weighted by Gasteiger charge is 2.40. The lowest BCUT2D eigenvalue weighted by atomic mass is 9.78. The molecule has 0 amide bonds. The third kappa shape index (κ3) is 4.58. The molecule has 0 aromatic heterocycles. The van der Waals surface area contributed by atoms with Gasteiger partial charge in [-0.3, -0.25) is 0 Å². The molecule has 1 N–H and O–H groups in total. The summed E-state index contributed by atoms with van der Waals surface area (Å²) in [6, 6.07) is 6.97. The van der Waals surface area contributed by atoms with E-state index in [1.54, 1.807) is 0 Å². The summed E-state index contributed by atoms with van der Waals surface area (Å²) in [5.74, 6) is 0. The van der Waals surface area contributed by atoms with Gasteiger partial charge in [0.25, 0.3) is 0 Å². The van der Waals surface area contributed by atoms with Crippen molar-refractivity contribution in [2.24, 2.45) is 5.41 Å². The van der Waals surface area contributed by atoms with Crippen molar-refractivity contribution in [1.29, 1.82) is 0 Å². The van der Waals surface area contributed by atoms with E-state index < -0.39 is 0 Å². The normalized spacial score (nSPS) is 19.9. The van der Waals surface area contributed by atoms with Gasteiger partial charge >= 0.3 is 0 Å². The molecule has 144 valence electrons. The Bertz CT molecular complexity index is 620. The Balaban J connectivity index is 1.46. The maximum atomic E-state index is 5.70. The lowest BCUT2D eigenvalue weighted by Crippen LogP contribution is -2.43. The zero-order valence-corrected chi connectivity index (χ0v) is 17.6. The predicted molar refractivity (Wildman–Crippen MR) is 115 cm³/mol. The van der Waals surface area contributed by atoms with Gasteiger partial charge in [-0.05, 0) is 93.0 Å². The monoisotopic (exact) mass is 373 g/mol. The fraction of sp³-hybridized carbons (Fsp3) is 0.682. The molecule has 2 aliphatic rings. The summed E-state index contributed by atoms with van der Waals surface area (Å²) >= 11 is 5.70. The minimum absolute atomic E-state index is 0.518. The molecule has 0 atom stereocenters. The van der Waals surface area contributed by atoms with Crippen LogP contribution in [0.2, 0.25) is 0 Å². The zero-order valence-electron chi connectivity index (χ0n) is 16.8. The van der Waals surface area contributed by atoms with E-state index in [1.807, 2.05) is 0 Å². The molecule has 0 unspecified atom stereocenters. The molecule has 2 aliphatic heterocycles. The molecule has 1 aromatic rings. The van der Waals surface area contributed by atoms with Gasteiger partial charge in [-0.25, -0.2) is 0 Å². The van der Waals surface area contributed by atoms with E-state index in [2.05, 4.69) is 54.2 Å². The molecule has 2 saturated heterocycles. The van der Waals surface area contributed by atoms with Gasteiger partial charge in [0.15, 0.2) is 5.11 Å². The maximum absolute atomic E-state index is 5.70. The largest absolute Gasteiger partial charge is 0.362 e. The Labute approximate surface area is 165 Å². The smallest absolute Gasteiger partial charge is 0.168 e. The fourth-order valence-corrected chi connectivity index (χ4v) is 4.80. The average Bonchev–Trinajstić information content (AvgIpc) is 3.08. The Morgan fingerprint density at radius 2 is 1.77 bits per heavy atom. The first kappa shape index (κ1) is 19.6. The van der Waals surface area contributed by atoms with Crippen molar-refractivity contribution in [3.05, 3.63) is 34.9 Å². The first-order valence-corrected chi connectivity index (χ1v) is 10.8. The number of aryl methyl sites for hydroxylation is 2. The molecule has 0 radical (unpaired) electrons. The molecule has 3 rings (SSSR count). The molecule has 2 heterocycles. The van der Waals surface area contributed by atoms with Crippen LogP contribution in [0.15, 0.2) is 18.2 Å². The summed E-state index contributed by atoms with van der Waals surface area (Å²) in [6.07, 6.45) is 7.24. The molecule has 2 fully saturated rings. The molecule has 3 nitrogen and oxygen atoms in total. The van der Waals surface area contributed by atoms with E-state index in [-0.39, 0.29) is 0 Å². The van der Waals surface area contributed by atoms with E-state index >= 15 is 0 Å². The molecule has 0 bridgehead atoms. The number of hydrogen-bond donors (Lipinski definition) is 1. The third-order valence-electron chi connectivity index (χ3n) is 6.50. The number of benzene rings is 1. The molecule has 1 spiro atoms. The van der Waals surface area contributed by atoms with Crippen LogP contribution in [-0.4, -0.2) is 54.7 Å². The fourth-order valence-electron chi connectivity index (χ4n) is 4.54. The van der Waals surface area contributed by atoms with Gasteiger partial charge in [0, 0.05) is 19.6 Å². The molecule has 26 heavy (non-hydrogen) atoms. The molecule has 0 aliphatic carbocycles. The predicted octanol–water partition coefficient (Wildman–Crippen LogP) is 3.65. The van der Waals surface area contributed by atoms with E-state index in [1.165, 1.54) is 49.0 Å². The quantitative estimate of drug-likeness (QED) is 0.794. The topological polar surface area (TPSA) is 18.5 Å². The van der Waals surface area contributed by atoms with Gasteiger partial charge in [-0.1, -0.05) is 32.0 Å². The Hall–Kier alpha value is -1.13. The highest BCUT2D eigenvalue weighted by molar-refractivity contribution is 7.80. The lowest BCUT2D eigenvalue weighted by Gasteiger charge is -2.37. The van der Waals surface area contributed by atoms with Crippen LogP contribution in [0, 0.1) is 5.41 Å². The summed E-state index contributed by atoms with van der Waals surface area (Å²) in [6.45, 7) is 10.2. The highest BCUT2D eigenvalue weighted by atomic mass is 32.1. The van der Waals surface area contributed by atoms with Crippen LogP contribution in [0.4, 0.5) is 0 Å². The van der Waals surface area contributed by atoms with Crippen molar-refractivity contribution in [2.75, 3.05) is 39.8 Å². The Kier molecular flexibility index (Phi) is 6.57. The Morgan fingerprint density at radius 3 is 2.46 bits per heavy atom. The van der Waals surface area contributed by atoms with Gasteiger partial charge in [0.2, 0.25) is 0 Å². The first-order valence-electron chi connectivity index (χ1n) is 10.4. The molecule has 1 aromatic carbocycles. The third-order valence-corrected chi connectivity index (χ3v) is 6.90. The van der Waals surface area contributed by atoms with Crippen molar-refractivity contribution in [3.63, 3.8) is 0 Å². The van der Waals surface area contributed by atoms with Gasteiger partial charge in [-0.2, -0.15) is 0 Å². The van der Waals surface area contributed by atoms with Crippen LogP contribution >= 0.6 is 12.2 Å². The second-order valence-electron chi connectivity index (χ2n) is 8.27. The first-order chi connectivity index (χ1) is 12.5. The molecule has 0 saturated carbocycles. The van der Waals surface area contributed by atoms with Crippen LogP contribution in [0.1, 0.15) is 49.8 Å². The zero-order chi connectivity index (χ0) is 18.6. The van der Waals surface area contributed by atoms with Crippen LogP contribution < -0.4 is 5.32 Å².